The molecule has 28 heavy (non-hydrogen) atoms. The van der Waals surface area contributed by atoms with E-state index in [1.807, 2.05) is 17.5 Å². The van der Waals surface area contributed by atoms with Gasteiger partial charge in [-0.3, -0.25) is 4.79 Å². The van der Waals surface area contributed by atoms with E-state index in [9.17, 15) is 13.2 Å². The number of amides is 1. The van der Waals surface area contributed by atoms with Crippen molar-refractivity contribution in [2.45, 2.75) is 24.2 Å². The molecule has 4 rings (SSSR count). The summed E-state index contributed by atoms with van der Waals surface area (Å²) in [5.74, 6) is 0.580. The Labute approximate surface area is 166 Å². The maximum absolute atomic E-state index is 12.9. The number of hydrogen-bond donors (Lipinski definition) is 1. The summed E-state index contributed by atoms with van der Waals surface area (Å²) in [6, 6.07) is 9.95. The van der Waals surface area contributed by atoms with E-state index in [-0.39, 0.29) is 16.7 Å². The lowest BCUT2D eigenvalue weighted by Crippen LogP contribution is -2.28. The van der Waals surface area contributed by atoms with Crippen molar-refractivity contribution in [1.82, 2.24) is 14.5 Å². The quantitative estimate of drug-likeness (QED) is 0.683. The predicted molar refractivity (Wildman–Crippen MR) is 104 cm³/mol. The minimum Gasteiger partial charge on any atom is -0.420 e. The highest BCUT2D eigenvalue weighted by Gasteiger charge is 2.35. The summed E-state index contributed by atoms with van der Waals surface area (Å²) in [5, 5.41) is 12.7. The van der Waals surface area contributed by atoms with Crippen LogP contribution in [-0.4, -0.2) is 41.9 Å². The number of rotatable bonds is 5. The third-order valence-corrected chi connectivity index (χ3v) is 7.22. The van der Waals surface area contributed by atoms with Crippen LogP contribution in [-0.2, 0) is 14.8 Å². The fourth-order valence-electron chi connectivity index (χ4n) is 3.11. The largest absolute Gasteiger partial charge is 0.420 e. The van der Waals surface area contributed by atoms with Crippen molar-refractivity contribution in [2.24, 2.45) is 0 Å². The summed E-state index contributed by atoms with van der Waals surface area (Å²) < 4.78 is 33.0. The van der Waals surface area contributed by atoms with Gasteiger partial charge in [-0.15, -0.1) is 21.5 Å². The zero-order chi connectivity index (χ0) is 19.7. The van der Waals surface area contributed by atoms with Gasteiger partial charge >= 0.3 is 0 Å². The molecule has 146 valence electrons. The van der Waals surface area contributed by atoms with Crippen LogP contribution in [0.25, 0.3) is 10.8 Å². The molecule has 1 aromatic carbocycles. The lowest BCUT2D eigenvalue weighted by atomic mass is 10.1. The summed E-state index contributed by atoms with van der Waals surface area (Å²) in [4.78, 5) is 12.2. The zero-order valence-corrected chi connectivity index (χ0v) is 16.7. The lowest BCUT2D eigenvalue weighted by molar-refractivity contribution is -0.114. The van der Waals surface area contributed by atoms with Crippen molar-refractivity contribution in [2.75, 3.05) is 18.4 Å². The summed E-state index contributed by atoms with van der Waals surface area (Å²) >= 11 is 1.51. The smallest absolute Gasteiger partial charge is 0.257 e. The average Bonchev–Trinajstić information content (AvgIpc) is 3.40. The number of aromatic nitrogens is 2. The first-order valence-electron chi connectivity index (χ1n) is 8.68. The van der Waals surface area contributed by atoms with Crippen molar-refractivity contribution in [3.05, 3.63) is 47.7 Å². The molecule has 8 nitrogen and oxygen atoms in total. The van der Waals surface area contributed by atoms with Crippen molar-refractivity contribution >= 4 is 33.0 Å². The normalized spacial score (nSPS) is 17.7. The number of anilines is 1. The Balaban J connectivity index is 1.48. The van der Waals surface area contributed by atoms with Gasteiger partial charge in [-0.25, -0.2) is 8.42 Å². The lowest BCUT2D eigenvalue weighted by Gasteiger charge is -2.16. The van der Waals surface area contributed by atoms with Crippen LogP contribution in [0.15, 0.2) is 51.1 Å². The molecule has 0 radical (unpaired) electrons. The molecule has 1 unspecified atom stereocenters. The van der Waals surface area contributed by atoms with Crippen LogP contribution in [0.4, 0.5) is 5.69 Å². The number of benzene rings is 1. The first kappa shape index (κ1) is 18.8. The second kappa shape index (κ2) is 7.46. The topological polar surface area (TPSA) is 105 Å². The van der Waals surface area contributed by atoms with Crippen LogP contribution in [0.2, 0.25) is 0 Å². The summed E-state index contributed by atoms with van der Waals surface area (Å²) in [7, 11) is -3.63. The second-order valence-corrected chi connectivity index (χ2v) is 9.36. The minimum atomic E-state index is -3.63. The van der Waals surface area contributed by atoms with E-state index in [1.54, 1.807) is 12.1 Å². The summed E-state index contributed by atoms with van der Waals surface area (Å²) in [5.41, 5.74) is 0.553. The van der Waals surface area contributed by atoms with Crippen LogP contribution < -0.4 is 5.32 Å². The van der Waals surface area contributed by atoms with Crippen LogP contribution >= 0.6 is 11.3 Å². The molecule has 0 aliphatic carbocycles. The Bertz CT molecular complexity index is 1080. The highest BCUT2D eigenvalue weighted by Crippen LogP contribution is 2.32. The highest BCUT2D eigenvalue weighted by molar-refractivity contribution is 7.89. The van der Waals surface area contributed by atoms with Gasteiger partial charge in [0.1, 0.15) is 0 Å². The van der Waals surface area contributed by atoms with Gasteiger partial charge in [0, 0.05) is 25.7 Å². The molecule has 3 heterocycles. The Morgan fingerprint density at radius 2 is 2.04 bits per heavy atom. The standard InChI is InChI=1S/C18H18N4O4S2/c1-12(23)19-14-4-6-15(7-5-14)28(24,25)22-9-8-13(11-22)17-20-21-18(26-17)16-3-2-10-27-16/h2-7,10,13H,8-9,11H2,1H3,(H,19,23). The number of nitrogens with zero attached hydrogens (tertiary/aromatic N) is 3. The van der Waals surface area contributed by atoms with Gasteiger partial charge in [-0.2, -0.15) is 4.31 Å². The van der Waals surface area contributed by atoms with Crippen LogP contribution in [0, 0.1) is 0 Å². The summed E-state index contributed by atoms with van der Waals surface area (Å²) in [6.07, 6.45) is 0.620. The van der Waals surface area contributed by atoms with Gasteiger partial charge in [0.15, 0.2) is 0 Å². The van der Waals surface area contributed by atoms with Gasteiger partial charge in [-0.1, -0.05) is 6.07 Å². The van der Waals surface area contributed by atoms with Crippen molar-refractivity contribution in [1.29, 1.82) is 0 Å². The van der Waals surface area contributed by atoms with Gasteiger partial charge in [0.05, 0.1) is 15.7 Å². The van der Waals surface area contributed by atoms with Crippen molar-refractivity contribution in [3.8, 4) is 10.8 Å². The number of carbonyl (C=O) groups is 1. The van der Waals surface area contributed by atoms with Crippen LogP contribution in [0.1, 0.15) is 25.2 Å². The molecule has 1 aliphatic heterocycles. The minimum absolute atomic E-state index is 0.130. The molecule has 0 spiro atoms. The third kappa shape index (κ3) is 3.71. The first-order chi connectivity index (χ1) is 13.4. The fourth-order valence-corrected chi connectivity index (χ4v) is 5.25. The number of thiophene rings is 1. The molecule has 1 amide bonds. The van der Waals surface area contributed by atoms with E-state index >= 15 is 0 Å². The maximum atomic E-state index is 12.9. The Kier molecular flexibility index (Phi) is 5.00. The number of sulfonamides is 1. The molecular formula is C18H18N4O4S2. The van der Waals surface area contributed by atoms with Crippen LogP contribution in [0.3, 0.4) is 0 Å². The number of nitrogens with one attached hydrogen (secondary N) is 1. The number of hydrogen-bond acceptors (Lipinski definition) is 7. The average molecular weight is 419 g/mol. The molecule has 3 aromatic rings. The molecule has 1 N–H and O–H groups in total. The Morgan fingerprint density at radius 3 is 2.71 bits per heavy atom. The van der Waals surface area contributed by atoms with Gasteiger partial charge in [0.2, 0.25) is 21.8 Å². The molecule has 1 saturated heterocycles. The Morgan fingerprint density at radius 1 is 1.25 bits per heavy atom. The highest BCUT2D eigenvalue weighted by atomic mass is 32.2. The SMILES string of the molecule is CC(=O)Nc1ccc(S(=O)(=O)N2CCC(c3nnc(-c4cccs4)o3)C2)cc1. The van der Waals surface area contributed by atoms with E-state index in [0.717, 1.165) is 4.88 Å². The maximum Gasteiger partial charge on any atom is 0.257 e. The van der Waals surface area contributed by atoms with E-state index in [0.29, 0.717) is 37.0 Å². The molecule has 10 heteroatoms. The molecule has 1 fully saturated rings. The van der Waals surface area contributed by atoms with Crippen molar-refractivity contribution in [3.63, 3.8) is 0 Å². The molecule has 1 atom stereocenters. The zero-order valence-electron chi connectivity index (χ0n) is 15.0. The van der Waals surface area contributed by atoms with E-state index in [2.05, 4.69) is 15.5 Å². The van der Waals surface area contributed by atoms with E-state index in [1.165, 1.54) is 34.7 Å². The third-order valence-electron chi connectivity index (χ3n) is 4.49. The molecular weight excluding hydrogens is 400 g/mol. The summed E-state index contributed by atoms with van der Waals surface area (Å²) in [6.45, 7) is 2.08. The van der Waals surface area contributed by atoms with Gasteiger partial charge in [-0.05, 0) is 42.1 Å². The molecule has 2 aromatic heterocycles. The second-order valence-electron chi connectivity index (χ2n) is 6.48. The Hall–Kier alpha value is -2.56. The molecule has 1 aliphatic rings. The van der Waals surface area contributed by atoms with Crippen molar-refractivity contribution < 1.29 is 17.6 Å². The van der Waals surface area contributed by atoms with E-state index < -0.39 is 10.0 Å². The first-order valence-corrected chi connectivity index (χ1v) is 11.0. The van der Waals surface area contributed by atoms with Gasteiger partial charge in [0.25, 0.3) is 5.89 Å². The monoisotopic (exact) mass is 418 g/mol. The van der Waals surface area contributed by atoms with E-state index in [4.69, 9.17) is 4.42 Å². The molecule has 0 bridgehead atoms. The van der Waals surface area contributed by atoms with Crippen LogP contribution in [0.5, 0.6) is 0 Å². The molecule has 0 saturated carbocycles. The number of carbonyl (C=O) groups excluding carboxylic acids is 1. The van der Waals surface area contributed by atoms with Gasteiger partial charge < -0.3 is 9.73 Å². The predicted octanol–water partition coefficient (Wildman–Crippen LogP) is 2.93. The fraction of sp³-hybridized carbons (Fsp3) is 0.278.